The van der Waals surface area contributed by atoms with E-state index in [-0.39, 0.29) is 5.54 Å². The molecule has 0 radical (unpaired) electrons. The third kappa shape index (κ3) is 4.96. The maximum atomic E-state index is 6.08. The molecule has 1 aliphatic heterocycles. The van der Waals surface area contributed by atoms with Crippen LogP contribution in [0.3, 0.4) is 0 Å². The molecule has 0 bridgehead atoms. The zero-order valence-electron chi connectivity index (χ0n) is 10.6. The molecule has 0 spiro atoms. The number of nitrogens with two attached hydrogens (primary N) is 1. The topological polar surface area (TPSA) is 38.5 Å². The second kappa shape index (κ2) is 5.28. The molecule has 0 aromatic rings. The van der Waals surface area contributed by atoms with Crippen LogP contribution in [-0.2, 0) is 4.74 Å². The second-order valence-electron chi connectivity index (χ2n) is 5.82. The smallest absolute Gasteiger partial charge is 0.0622 e. The number of morpholine rings is 1. The van der Waals surface area contributed by atoms with E-state index in [2.05, 4.69) is 32.6 Å². The van der Waals surface area contributed by atoms with Crippen molar-refractivity contribution >= 4 is 0 Å². The van der Waals surface area contributed by atoms with Crippen molar-refractivity contribution in [3.8, 4) is 0 Å². The molecule has 1 fully saturated rings. The third-order valence-electron chi connectivity index (χ3n) is 2.70. The molecular weight excluding hydrogens is 188 g/mol. The van der Waals surface area contributed by atoms with Crippen molar-refractivity contribution in [1.82, 2.24) is 4.90 Å². The molecule has 3 heteroatoms. The van der Waals surface area contributed by atoms with Gasteiger partial charge in [-0.25, -0.2) is 0 Å². The molecule has 0 aliphatic carbocycles. The van der Waals surface area contributed by atoms with E-state index >= 15 is 0 Å². The fourth-order valence-electron chi connectivity index (χ4n) is 2.18. The van der Waals surface area contributed by atoms with Crippen LogP contribution in [0.1, 0.15) is 34.1 Å². The van der Waals surface area contributed by atoms with Gasteiger partial charge in [0.25, 0.3) is 0 Å². The summed E-state index contributed by atoms with van der Waals surface area (Å²) < 4.78 is 5.55. The molecule has 15 heavy (non-hydrogen) atoms. The van der Waals surface area contributed by atoms with E-state index in [1.807, 2.05) is 0 Å². The molecule has 1 aliphatic rings. The summed E-state index contributed by atoms with van der Waals surface area (Å²) in [5.74, 6) is 0.722. The minimum absolute atomic E-state index is 0.105. The van der Waals surface area contributed by atoms with Crippen LogP contribution in [0.4, 0.5) is 0 Å². The average molecular weight is 214 g/mol. The molecule has 0 aromatic heterocycles. The van der Waals surface area contributed by atoms with Gasteiger partial charge < -0.3 is 10.5 Å². The molecule has 2 N–H and O–H groups in total. The van der Waals surface area contributed by atoms with Crippen molar-refractivity contribution in [2.75, 3.05) is 26.3 Å². The van der Waals surface area contributed by atoms with Gasteiger partial charge >= 0.3 is 0 Å². The molecule has 1 rings (SSSR count). The van der Waals surface area contributed by atoms with Gasteiger partial charge in [0.15, 0.2) is 0 Å². The largest absolute Gasteiger partial charge is 0.378 e. The monoisotopic (exact) mass is 214 g/mol. The Morgan fingerprint density at radius 1 is 1.47 bits per heavy atom. The molecule has 1 heterocycles. The molecule has 0 amide bonds. The Kier molecular flexibility index (Phi) is 4.56. The van der Waals surface area contributed by atoms with E-state index in [1.54, 1.807) is 0 Å². The Morgan fingerprint density at radius 2 is 2.13 bits per heavy atom. The average Bonchev–Trinajstić information content (AvgIpc) is 2.05. The Morgan fingerprint density at radius 3 is 2.67 bits per heavy atom. The maximum Gasteiger partial charge on any atom is 0.0622 e. The van der Waals surface area contributed by atoms with Gasteiger partial charge in [0.2, 0.25) is 0 Å². The predicted molar refractivity (Wildman–Crippen MR) is 63.9 cm³/mol. The zero-order chi connectivity index (χ0) is 11.5. The molecule has 1 unspecified atom stereocenters. The van der Waals surface area contributed by atoms with Gasteiger partial charge in [0.05, 0.1) is 13.2 Å². The van der Waals surface area contributed by atoms with Crippen molar-refractivity contribution < 1.29 is 4.74 Å². The van der Waals surface area contributed by atoms with Crippen molar-refractivity contribution in [2.24, 2.45) is 11.7 Å². The van der Waals surface area contributed by atoms with Gasteiger partial charge in [0.1, 0.15) is 0 Å². The second-order valence-corrected chi connectivity index (χ2v) is 5.82. The number of rotatable bonds is 4. The van der Waals surface area contributed by atoms with Crippen LogP contribution in [-0.4, -0.2) is 42.8 Å². The highest BCUT2D eigenvalue weighted by atomic mass is 16.5. The Hall–Kier alpha value is -0.120. The third-order valence-corrected chi connectivity index (χ3v) is 2.70. The summed E-state index contributed by atoms with van der Waals surface area (Å²) in [5, 5.41) is 0. The van der Waals surface area contributed by atoms with Gasteiger partial charge in [-0.2, -0.15) is 0 Å². The maximum absolute atomic E-state index is 6.08. The summed E-state index contributed by atoms with van der Waals surface area (Å²) >= 11 is 0. The molecule has 0 saturated carbocycles. The SMILES string of the molecule is CC(C)CC1COCCN1CC(C)(C)N. The van der Waals surface area contributed by atoms with Crippen LogP contribution in [0.2, 0.25) is 0 Å². The van der Waals surface area contributed by atoms with E-state index in [0.29, 0.717) is 6.04 Å². The van der Waals surface area contributed by atoms with Gasteiger partial charge in [-0.05, 0) is 26.2 Å². The van der Waals surface area contributed by atoms with Crippen LogP contribution < -0.4 is 5.73 Å². The lowest BCUT2D eigenvalue weighted by Gasteiger charge is -2.39. The lowest BCUT2D eigenvalue weighted by atomic mass is 9.99. The van der Waals surface area contributed by atoms with E-state index < -0.39 is 0 Å². The molecule has 1 atom stereocenters. The van der Waals surface area contributed by atoms with Crippen molar-refractivity contribution in [3.05, 3.63) is 0 Å². The number of nitrogens with zero attached hydrogens (tertiary/aromatic N) is 1. The van der Waals surface area contributed by atoms with Gasteiger partial charge in [-0.15, -0.1) is 0 Å². The van der Waals surface area contributed by atoms with Gasteiger partial charge in [0, 0.05) is 24.7 Å². The summed E-state index contributed by atoms with van der Waals surface area (Å²) in [6.07, 6.45) is 1.20. The quantitative estimate of drug-likeness (QED) is 0.770. The zero-order valence-corrected chi connectivity index (χ0v) is 10.6. The van der Waals surface area contributed by atoms with Crippen LogP contribution in [0.25, 0.3) is 0 Å². The number of hydrogen-bond acceptors (Lipinski definition) is 3. The summed E-state index contributed by atoms with van der Waals surface area (Å²) in [4.78, 5) is 2.49. The predicted octanol–water partition coefficient (Wildman–Crippen LogP) is 1.47. The molecule has 0 aromatic carbocycles. The summed E-state index contributed by atoms with van der Waals surface area (Å²) in [5.41, 5.74) is 5.97. The first kappa shape index (κ1) is 12.9. The highest BCUT2D eigenvalue weighted by Crippen LogP contribution is 2.17. The Labute approximate surface area is 94.0 Å². The fourth-order valence-corrected chi connectivity index (χ4v) is 2.18. The van der Waals surface area contributed by atoms with E-state index in [4.69, 9.17) is 10.5 Å². The Balaban J connectivity index is 2.50. The molecular formula is C12H26N2O. The molecule has 3 nitrogen and oxygen atoms in total. The van der Waals surface area contributed by atoms with Gasteiger partial charge in [-0.3, -0.25) is 4.90 Å². The van der Waals surface area contributed by atoms with Gasteiger partial charge in [-0.1, -0.05) is 13.8 Å². The van der Waals surface area contributed by atoms with Crippen LogP contribution in [0.5, 0.6) is 0 Å². The van der Waals surface area contributed by atoms with Crippen molar-refractivity contribution in [3.63, 3.8) is 0 Å². The highest BCUT2D eigenvalue weighted by molar-refractivity contribution is 4.84. The fraction of sp³-hybridized carbons (Fsp3) is 1.00. The first-order valence-corrected chi connectivity index (χ1v) is 5.99. The van der Waals surface area contributed by atoms with E-state index in [0.717, 1.165) is 32.2 Å². The minimum atomic E-state index is -0.105. The van der Waals surface area contributed by atoms with E-state index in [9.17, 15) is 0 Å². The van der Waals surface area contributed by atoms with Crippen LogP contribution in [0, 0.1) is 5.92 Å². The lowest BCUT2D eigenvalue weighted by molar-refractivity contribution is -0.0214. The van der Waals surface area contributed by atoms with Crippen molar-refractivity contribution in [1.29, 1.82) is 0 Å². The van der Waals surface area contributed by atoms with E-state index in [1.165, 1.54) is 6.42 Å². The number of ether oxygens (including phenoxy) is 1. The normalized spacial score (nSPS) is 24.8. The summed E-state index contributed by atoms with van der Waals surface area (Å²) in [6.45, 7) is 12.4. The molecule has 1 saturated heterocycles. The summed E-state index contributed by atoms with van der Waals surface area (Å²) in [6, 6.07) is 0.557. The minimum Gasteiger partial charge on any atom is -0.378 e. The highest BCUT2D eigenvalue weighted by Gasteiger charge is 2.27. The first-order valence-electron chi connectivity index (χ1n) is 5.99. The first-order chi connectivity index (χ1) is 6.88. The Bertz CT molecular complexity index is 187. The molecule has 90 valence electrons. The van der Waals surface area contributed by atoms with Crippen LogP contribution >= 0.6 is 0 Å². The van der Waals surface area contributed by atoms with Crippen molar-refractivity contribution in [2.45, 2.75) is 45.7 Å². The van der Waals surface area contributed by atoms with Crippen LogP contribution in [0.15, 0.2) is 0 Å². The lowest BCUT2D eigenvalue weighted by Crippen LogP contribution is -2.54. The standard InChI is InChI=1S/C12H26N2O/c1-10(2)7-11-8-15-6-5-14(11)9-12(3,4)13/h10-11H,5-9,13H2,1-4H3. The number of hydrogen-bond donors (Lipinski definition) is 1. The summed E-state index contributed by atoms with van der Waals surface area (Å²) in [7, 11) is 0.